The molecule has 1 aromatic carbocycles. The van der Waals surface area contributed by atoms with Crippen LogP contribution in [0.25, 0.3) is 0 Å². The highest BCUT2D eigenvalue weighted by Crippen LogP contribution is 2.22. The van der Waals surface area contributed by atoms with Crippen LogP contribution in [0.1, 0.15) is 0 Å². The SMILES string of the molecule is [B]C([B])([B])N1CC(Oc2cc(F)cc(F)c2)C1. The molecular weight excluding hydrogens is 221 g/mol. The maximum atomic E-state index is 12.9. The number of hydrogen-bond donors (Lipinski definition) is 0. The second-order valence-corrected chi connectivity index (χ2v) is 4.14. The maximum absolute atomic E-state index is 12.9. The summed E-state index contributed by atoms with van der Waals surface area (Å²) in [7, 11) is 16.4. The van der Waals surface area contributed by atoms with E-state index in [0.29, 0.717) is 13.1 Å². The molecule has 1 fully saturated rings. The highest BCUT2D eigenvalue weighted by Gasteiger charge is 2.34. The summed E-state index contributed by atoms with van der Waals surface area (Å²) in [6, 6.07) is 3.02. The Kier molecular flexibility index (Phi) is 3.21. The third-order valence-corrected chi connectivity index (χ3v) is 2.53. The minimum atomic E-state index is -1.38. The molecule has 1 saturated heterocycles. The molecule has 0 N–H and O–H groups in total. The van der Waals surface area contributed by atoms with Crippen LogP contribution in [0.3, 0.4) is 0 Å². The van der Waals surface area contributed by atoms with Crippen LogP contribution in [0, 0.1) is 11.6 Å². The third-order valence-electron chi connectivity index (χ3n) is 2.53. The van der Waals surface area contributed by atoms with E-state index in [-0.39, 0.29) is 11.9 Å². The predicted molar refractivity (Wildman–Crippen MR) is 62.3 cm³/mol. The summed E-state index contributed by atoms with van der Waals surface area (Å²) in [6.07, 6.45) is -0.216. The van der Waals surface area contributed by atoms with Gasteiger partial charge in [0.15, 0.2) is 0 Å². The van der Waals surface area contributed by atoms with E-state index in [1.54, 1.807) is 4.90 Å². The Labute approximate surface area is 103 Å². The molecule has 1 aliphatic rings. The van der Waals surface area contributed by atoms with Crippen molar-refractivity contribution in [3.8, 4) is 5.75 Å². The highest BCUT2D eigenvalue weighted by atomic mass is 19.1. The Hall–Kier alpha value is -0.965. The van der Waals surface area contributed by atoms with Gasteiger partial charge in [-0.2, -0.15) is 0 Å². The fourth-order valence-electron chi connectivity index (χ4n) is 1.62. The van der Waals surface area contributed by atoms with Crippen LogP contribution in [0.15, 0.2) is 18.2 Å². The van der Waals surface area contributed by atoms with E-state index in [1.807, 2.05) is 0 Å². The molecule has 17 heavy (non-hydrogen) atoms. The lowest BCUT2D eigenvalue weighted by Crippen LogP contribution is -2.65. The summed E-state index contributed by atoms with van der Waals surface area (Å²) in [5.74, 6) is -1.21. The molecule has 0 bridgehead atoms. The van der Waals surface area contributed by atoms with Crippen molar-refractivity contribution >= 4 is 23.5 Å². The molecule has 0 unspecified atom stereocenters. The first-order valence-corrected chi connectivity index (χ1v) is 5.09. The van der Waals surface area contributed by atoms with E-state index in [1.165, 1.54) is 0 Å². The Morgan fingerprint density at radius 1 is 1.12 bits per heavy atom. The molecule has 0 saturated carbocycles. The van der Waals surface area contributed by atoms with Crippen molar-refractivity contribution in [3.05, 3.63) is 29.8 Å². The Balaban J connectivity index is 1.92. The molecule has 0 amide bonds. The summed E-state index contributed by atoms with van der Waals surface area (Å²) in [5, 5.41) is -1.38. The highest BCUT2D eigenvalue weighted by molar-refractivity contribution is 6.59. The standard InChI is InChI=1S/C10H8B3F2NO/c11-10(12,13)16-4-9(5-16)17-8-2-6(14)1-7(15)3-8/h1-3,9H,4-5H2. The van der Waals surface area contributed by atoms with Crippen LogP contribution in [-0.2, 0) is 0 Å². The first kappa shape index (κ1) is 12.5. The van der Waals surface area contributed by atoms with Crippen LogP contribution in [0.2, 0.25) is 0 Å². The Bertz CT molecular complexity index is 398. The Morgan fingerprint density at radius 2 is 1.65 bits per heavy atom. The zero-order chi connectivity index (χ0) is 12.6. The molecule has 0 atom stereocenters. The molecule has 0 spiro atoms. The lowest BCUT2D eigenvalue weighted by molar-refractivity contribution is 0.0167. The van der Waals surface area contributed by atoms with Gasteiger partial charge in [-0.3, -0.25) is 0 Å². The van der Waals surface area contributed by atoms with Crippen molar-refractivity contribution in [3.63, 3.8) is 0 Å². The van der Waals surface area contributed by atoms with Crippen LogP contribution < -0.4 is 4.74 Å². The van der Waals surface area contributed by atoms with Gasteiger partial charge in [-0.15, -0.1) is 0 Å². The molecule has 2 nitrogen and oxygen atoms in total. The number of nitrogens with zero attached hydrogens (tertiary/aromatic N) is 1. The van der Waals surface area contributed by atoms with Gasteiger partial charge in [0.05, 0.1) is 23.5 Å². The van der Waals surface area contributed by atoms with Crippen molar-refractivity contribution in [2.45, 2.75) is 11.3 Å². The van der Waals surface area contributed by atoms with Gasteiger partial charge in [-0.05, 0) is 0 Å². The van der Waals surface area contributed by atoms with Gasteiger partial charge in [0.2, 0.25) is 0 Å². The van der Waals surface area contributed by atoms with Crippen molar-refractivity contribution in [2.75, 3.05) is 13.1 Å². The van der Waals surface area contributed by atoms with E-state index in [9.17, 15) is 8.78 Å². The topological polar surface area (TPSA) is 12.5 Å². The molecular formula is C10H8B3F2NO. The van der Waals surface area contributed by atoms with E-state index in [0.717, 1.165) is 18.2 Å². The predicted octanol–water partition coefficient (Wildman–Crippen LogP) is 0.145. The molecule has 1 heterocycles. The minimum absolute atomic E-state index is 0.142. The first-order valence-electron chi connectivity index (χ1n) is 5.09. The number of rotatable bonds is 3. The van der Waals surface area contributed by atoms with E-state index in [2.05, 4.69) is 0 Å². The van der Waals surface area contributed by atoms with Crippen LogP contribution in [0.5, 0.6) is 5.75 Å². The molecule has 0 aliphatic carbocycles. The fourth-order valence-corrected chi connectivity index (χ4v) is 1.62. The van der Waals surface area contributed by atoms with E-state index >= 15 is 0 Å². The maximum Gasteiger partial charge on any atom is 0.129 e. The summed E-state index contributed by atoms with van der Waals surface area (Å²) in [4.78, 5) is 1.59. The number of halogens is 2. The quantitative estimate of drug-likeness (QED) is 0.683. The van der Waals surface area contributed by atoms with E-state index in [4.69, 9.17) is 28.3 Å². The monoisotopic (exact) mass is 229 g/mol. The van der Waals surface area contributed by atoms with Crippen molar-refractivity contribution in [2.24, 2.45) is 0 Å². The zero-order valence-corrected chi connectivity index (χ0v) is 9.07. The Morgan fingerprint density at radius 3 is 2.12 bits per heavy atom. The smallest absolute Gasteiger partial charge is 0.129 e. The van der Waals surface area contributed by atoms with E-state index < -0.39 is 16.9 Å². The van der Waals surface area contributed by atoms with Gasteiger partial charge >= 0.3 is 0 Å². The number of benzene rings is 1. The first-order chi connectivity index (χ1) is 7.84. The van der Waals surface area contributed by atoms with Crippen molar-refractivity contribution in [1.29, 1.82) is 0 Å². The van der Waals surface area contributed by atoms with Gasteiger partial charge in [-0.1, -0.05) is 5.24 Å². The molecule has 2 rings (SSSR count). The molecule has 82 valence electrons. The van der Waals surface area contributed by atoms with Crippen LogP contribution in [-0.4, -0.2) is 52.9 Å². The van der Waals surface area contributed by atoms with Gasteiger partial charge in [-0.25, -0.2) is 8.78 Å². The number of likely N-dealkylation sites (tertiary alicyclic amines) is 1. The molecule has 1 aromatic rings. The van der Waals surface area contributed by atoms with Gasteiger partial charge in [0.1, 0.15) is 23.5 Å². The third kappa shape index (κ3) is 3.03. The van der Waals surface area contributed by atoms with Crippen molar-refractivity contribution < 1.29 is 13.5 Å². The normalized spacial score (nSPS) is 17.8. The molecule has 6 radical (unpaired) electrons. The molecule has 0 aromatic heterocycles. The van der Waals surface area contributed by atoms with Crippen molar-refractivity contribution in [1.82, 2.24) is 4.90 Å². The zero-order valence-electron chi connectivity index (χ0n) is 9.07. The summed E-state index contributed by atoms with van der Waals surface area (Å²) in [5.41, 5.74) is 0. The minimum Gasteiger partial charge on any atom is -0.488 e. The van der Waals surface area contributed by atoms with Gasteiger partial charge in [0.25, 0.3) is 0 Å². The van der Waals surface area contributed by atoms with Crippen LogP contribution in [0.4, 0.5) is 8.78 Å². The van der Waals surface area contributed by atoms with Gasteiger partial charge in [0, 0.05) is 31.3 Å². The molecule has 1 aliphatic heterocycles. The molecule has 7 heteroatoms. The average Bonchev–Trinajstić information content (AvgIpc) is 2.06. The second kappa shape index (κ2) is 4.37. The van der Waals surface area contributed by atoms with Crippen LogP contribution >= 0.6 is 0 Å². The summed E-state index contributed by atoms with van der Waals surface area (Å²) >= 11 is 0. The van der Waals surface area contributed by atoms with Gasteiger partial charge < -0.3 is 9.64 Å². The lowest BCUT2D eigenvalue weighted by atomic mass is 9.47. The lowest BCUT2D eigenvalue weighted by Gasteiger charge is -2.48. The summed E-state index contributed by atoms with van der Waals surface area (Å²) < 4.78 is 31.1. The number of hydrogen-bond acceptors (Lipinski definition) is 2. The largest absolute Gasteiger partial charge is 0.488 e. The summed E-state index contributed by atoms with van der Waals surface area (Å²) in [6.45, 7) is 0.837. The fraction of sp³-hybridized carbons (Fsp3) is 0.400. The average molecular weight is 229 g/mol. The number of ether oxygens (including phenoxy) is 1. The second-order valence-electron chi connectivity index (χ2n) is 4.14.